The molecule has 0 aromatic heterocycles. The van der Waals surface area contributed by atoms with E-state index in [0.717, 1.165) is 6.54 Å². The maximum Gasteiger partial charge on any atom is 0.0379 e. The summed E-state index contributed by atoms with van der Waals surface area (Å²) in [7, 11) is 0. The molecule has 3 heteroatoms. The van der Waals surface area contributed by atoms with Gasteiger partial charge in [-0.25, -0.2) is 0 Å². The van der Waals surface area contributed by atoms with Crippen LogP contribution in [0.1, 0.15) is 39.2 Å². The lowest BCUT2D eigenvalue weighted by Gasteiger charge is -2.41. The predicted octanol–water partition coefficient (Wildman–Crippen LogP) is 3.91. The highest BCUT2D eigenvalue weighted by molar-refractivity contribution is 5.85. The van der Waals surface area contributed by atoms with Gasteiger partial charge in [-0.05, 0) is 43.0 Å². The van der Waals surface area contributed by atoms with Gasteiger partial charge >= 0.3 is 0 Å². The second kappa shape index (κ2) is 5.57. The average molecular weight is 295 g/mol. The highest BCUT2D eigenvalue weighted by atomic mass is 35.5. The molecule has 0 amide bonds. The molecular formula is C17H27ClN2. The van der Waals surface area contributed by atoms with Gasteiger partial charge in [0, 0.05) is 24.2 Å². The zero-order valence-corrected chi connectivity index (χ0v) is 13.7. The molecule has 1 saturated heterocycles. The molecule has 20 heavy (non-hydrogen) atoms. The van der Waals surface area contributed by atoms with Crippen LogP contribution in [0.15, 0.2) is 24.3 Å². The van der Waals surface area contributed by atoms with Crippen molar-refractivity contribution in [3.8, 4) is 0 Å². The Balaban J connectivity index is 0.00000147. The first-order valence-electron chi connectivity index (χ1n) is 7.54. The zero-order valence-electron chi connectivity index (χ0n) is 12.9. The zero-order chi connectivity index (χ0) is 13.5. The maximum atomic E-state index is 3.61. The molecule has 0 saturated carbocycles. The molecule has 0 radical (unpaired) electrons. The van der Waals surface area contributed by atoms with E-state index in [-0.39, 0.29) is 12.4 Å². The van der Waals surface area contributed by atoms with E-state index in [0.29, 0.717) is 10.8 Å². The quantitative estimate of drug-likeness (QED) is 0.845. The van der Waals surface area contributed by atoms with Gasteiger partial charge in [-0.1, -0.05) is 39.0 Å². The number of piperidine rings is 1. The molecule has 3 rings (SSSR count). The Morgan fingerprint density at radius 2 is 1.80 bits per heavy atom. The molecule has 0 atom stereocenters. The van der Waals surface area contributed by atoms with E-state index in [1.807, 2.05) is 0 Å². The van der Waals surface area contributed by atoms with Crippen molar-refractivity contribution in [2.24, 2.45) is 5.41 Å². The van der Waals surface area contributed by atoms with Crippen LogP contribution in [0, 0.1) is 5.41 Å². The lowest BCUT2D eigenvalue weighted by molar-refractivity contribution is 0.126. The largest absolute Gasteiger partial charge is 0.384 e. The number of halogens is 1. The van der Waals surface area contributed by atoms with Crippen molar-refractivity contribution >= 4 is 18.1 Å². The lowest BCUT2D eigenvalue weighted by Crippen LogP contribution is -2.46. The fraction of sp³-hybridized carbons (Fsp3) is 0.647. The summed E-state index contributed by atoms with van der Waals surface area (Å²) in [6.07, 6.45) is 2.60. The van der Waals surface area contributed by atoms with E-state index >= 15 is 0 Å². The standard InChI is InChI=1S/C17H26N2.ClH/c1-16(2,3)13-19-10-8-17(9-11-19)12-18-15-7-5-4-6-14(15)17;/h4-7,18H,8-13H2,1-3H3;1H. The SMILES string of the molecule is CC(C)(C)CN1CCC2(CC1)CNc1ccccc12.Cl. The molecule has 0 bridgehead atoms. The van der Waals surface area contributed by atoms with Crippen LogP contribution < -0.4 is 5.32 Å². The van der Waals surface area contributed by atoms with Gasteiger partial charge in [0.2, 0.25) is 0 Å². The number of nitrogens with zero attached hydrogens (tertiary/aromatic N) is 1. The number of anilines is 1. The summed E-state index contributed by atoms with van der Waals surface area (Å²) in [5.41, 5.74) is 3.75. The third-order valence-electron chi connectivity index (χ3n) is 4.63. The van der Waals surface area contributed by atoms with Gasteiger partial charge in [-0.2, -0.15) is 0 Å². The van der Waals surface area contributed by atoms with E-state index in [1.54, 1.807) is 5.56 Å². The maximum absolute atomic E-state index is 3.61. The summed E-state index contributed by atoms with van der Waals surface area (Å²) >= 11 is 0. The first-order chi connectivity index (χ1) is 8.99. The van der Waals surface area contributed by atoms with Crippen LogP contribution in [0.25, 0.3) is 0 Å². The molecule has 1 fully saturated rings. The summed E-state index contributed by atoms with van der Waals surface area (Å²) in [6, 6.07) is 8.88. The second-order valence-corrected chi connectivity index (χ2v) is 7.52. The van der Waals surface area contributed by atoms with Crippen LogP contribution in [0.3, 0.4) is 0 Å². The number of rotatable bonds is 1. The van der Waals surface area contributed by atoms with Gasteiger partial charge in [-0.3, -0.25) is 0 Å². The van der Waals surface area contributed by atoms with Gasteiger partial charge in [-0.15, -0.1) is 12.4 Å². The van der Waals surface area contributed by atoms with Gasteiger partial charge in [0.25, 0.3) is 0 Å². The third-order valence-corrected chi connectivity index (χ3v) is 4.63. The van der Waals surface area contributed by atoms with Gasteiger partial charge in [0.15, 0.2) is 0 Å². The number of hydrogen-bond donors (Lipinski definition) is 1. The third kappa shape index (κ3) is 2.96. The van der Waals surface area contributed by atoms with Crippen LogP contribution in [-0.2, 0) is 5.41 Å². The molecule has 1 aromatic rings. The fourth-order valence-electron chi connectivity index (χ4n) is 3.72. The monoisotopic (exact) mass is 294 g/mol. The summed E-state index contributed by atoms with van der Waals surface area (Å²) in [5.74, 6) is 0. The molecule has 2 aliphatic rings. The van der Waals surface area contributed by atoms with Crippen molar-refractivity contribution < 1.29 is 0 Å². The molecule has 0 unspecified atom stereocenters. The van der Waals surface area contributed by atoms with Crippen molar-refractivity contribution in [3.05, 3.63) is 29.8 Å². The number of benzene rings is 1. The van der Waals surface area contributed by atoms with E-state index < -0.39 is 0 Å². The number of fused-ring (bicyclic) bond motifs is 2. The molecule has 2 nitrogen and oxygen atoms in total. The molecule has 1 aromatic carbocycles. The van der Waals surface area contributed by atoms with Gasteiger partial charge in [0.05, 0.1) is 0 Å². The van der Waals surface area contributed by atoms with E-state index in [9.17, 15) is 0 Å². The Kier molecular flexibility index (Phi) is 4.36. The van der Waals surface area contributed by atoms with E-state index in [4.69, 9.17) is 0 Å². The molecule has 112 valence electrons. The Bertz CT molecular complexity index is 456. The topological polar surface area (TPSA) is 15.3 Å². The Hall–Kier alpha value is -0.730. The van der Waals surface area contributed by atoms with Crippen LogP contribution in [0.4, 0.5) is 5.69 Å². The summed E-state index contributed by atoms with van der Waals surface area (Å²) in [6.45, 7) is 11.9. The average Bonchev–Trinajstić information content (AvgIpc) is 2.71. The summed E-state index contributed by atoms with van der Waals surface area (Å²) < 4.78 is 0. The van der Waals surface area contributed by atoms with E-state index in [2.05, 4.69) is 55.3 Å². The highest BCUT2D eigenvalue weighted by Gasteiger charge is 2.41. The Morgan fingerprint density at radius 1 is 1.15 bits per heavy atom. The molecule has 2 aliphatic heterocycles. The number of para-hydroxylation sites is 1. The first kappa shape index (κ1) is 15.7. The molecule has 1 spiro atoms. The minimum atomic E-state index is 0. The fourth-order valence-corrected chi connectivity index (χ4v) is 3.72. The minimum absolute atomic E-state index is 0. The smallest absolute Gasteiger partial charge is 0.0379 e. The minimum Gasteiger partial charge on any atom is -0.384 e. The number of hydrogen-bond acceptors (Lipinski definition) is 2. The van der Waals surface area contributed by atoms with Gasteiger partial charge in [0.1, 0.15) is 0 Å². The van der Waals surface area contributed by atoms with Crippen molar-refractivity contribution in [1.29, 1.82) is 0 Å². The van der Waals surface area contributed by atoms with Crippen LogP contribution >= 0.6 is 12.4 Å². The normalized spacial score (nSPS) is 21.1. The van der Waals surface area contributed by atoms with Crippen molar-refractivity contribution in [3.63, 3.8) is 0 Å². The van der Waals surface area contributed by atoms with Crippen molar-refractivity contribution in [1.82, 2.24) is 4.90 Å². The van der Waals surface area contributed by atoms with Crippen LogP contribution in [-0.4, -0.2) is 31.1 Å². The van der Waals surface area contributed by atoms with Crippen LogP contribution in [0.5, 0.6) is 0 Å². The first-order valence-corrected chi connectivity index (χ1v) is 7.54. The summed E-state index contributed by atoms with van der Waals surface area (Å²) in [4.78, 5) is 2.65. The summed E-state index contributed by atoms with van der Waals surface area (Å²) in [5, 5.41) is 3.61. The Morgan fingerprint density at radius 3 is 2.45 bits per heavy atom. The number of nitrogens with one attached hydrogen (secondary N) is 1. The molecule has 2 heterocycles. The number of likely N-dealkylation sites (tertiary alicyclic amines) is 1. The Labute approximate surface area is 129 Å². The molecular weight excluding hydrogens is 268 g/mol. The van der Waals surface area contributed by atoms with E-state index in [1.165, 1.54) is 38.2 Å². The van der Waals surface area contributed by atoms with Crippen molar-refractivity contribution in [2.45, 2.75) is 39.0 Å². The molecule has 1 N–H and O–H groups in total. The van der Waals surface area contributed by atoms with Gasteiger partial charge < -0.3 is 10.2 Å². The highest BCUT2D eigenvalue weighted by Crippen LogP contribution is 2.43. The predicted molar refractivity (Wildman–Crippen MR) is 89.0 cm³/mol. The second-order valence-electron chi connectivity index (χ2n) is 7.52. The lowest BCUT2D eigenvalue weighted by atomic mass is 9.74. The van der Waals surface area contributed by atoms with Crippen LogP contribution in [0.2, 0.25) is 0 Å². The van der Waals surface area contributed by atoms with Crippen molar-refractivity contribution in [2.75, 3.05) is 31.5 Å². The molecule has 0 aliphatic carbocycles.